The van der Waals surface area contributed by atoms with Crippen molar-refractivity contribution in [1.82, 2.24) is 4.72 Å². The average Bonchev–Trinajstić information content (AvgIpc) is 2.78. The van der Waals surface area contributed by atoms with Crippen LogP contribution in [0.25, 0.3) is 0 Å². The number of piperidine rings is 1. The first-order valence-corrected chi connectivity index (χ1v) is 13.3. The molecule has 0 radical (unpaired) electrons. The molecule has 2 fully saturated rings. The average molecular weight is 485 g/mol. The van der Waals surface area contributed by atoms with E-state index in [1.807, 2.05) is 35.2 Å². The summed E-state index contributed by atoms with van der Waals surface area (Å²) in [6.45, 7) is 2.85. The lowest BCUT2D eigenvalue weighted by molar-refractivity contribution is -0.123. The van der Waals surface area contributed by atoms with Gasteiger partial charge in [0.25, 0.3) is 0 Å². The Balaban J connectivity index is 1.62. The second-order valence-electron chi connectivity index (χ2n) is 9.22. The third-order valence-corrected chi connectivity index (χ3v) is 8.43. The summed E-state index contributed by atoms with van der Waals surface area (Å²) in [6, 6.07) is 13.9. The molecule has 8 nitrogen and oxygen atoms in total. The summed E-state index contributed by atoms with van der Waals surface area (Å²) in [5.41, 5.74) is 7.33. The maximum atomic E-state index is 13.6. The number of carbonyl (C=O) groups excluding carboxylic acids is 2. The summed E-state index contributed by atoms with van der Waals surface area (Å²) in [7, 11) is -3.92. The van der Waals surface area contributed by atoms with E-state index in [1.54, 1.807) is 19.1 Å². The number of nitrogens with zero attached hydrogens (tertiary/aromatic N) is 1. The van der Waals surface area contributed by atoms with E-state index in [9.17, 15) is 18.0 Å². The lowest BCUT2D eigenvalue weighted by Gasteiger charge is -2.34. The molecule has 0 bridgehead atoms. The van der Waals surface area contributed by atoms with Gasteiger partial charge in [0.1, 0.15) is 4.90 Å². The molecule has 9 heteroatoms. The number of nitrogens with two attached hydrogens (primary N) is 1. The van der Waals surface area contributed by atoms with E-state index in [0.717, 1.165) is 24.8 Å². The number of primary amides is 1. The number of benzene rings is 2. The summed E-state index contributed by atoms with van der Waals surface area (Å²) in [5.74, 6) is -0.604. The molecule has 1 saturated heterocycles. The van der Waals surface area contributed by atoms with Crippen molar-refractivity contribution in [3.63, 3.8) is 0 Å². The molecule has 34 heavy (non-hydrogen) atoms. The minimum Gasteiger partial charge on any atom is -0.370 e. The van der Waals surface area contributed by atoms with Crippen molar-refractivity contribution in [2.75, 3.05) is 23.3 Å². The minimum absolute atomic E-state index is 0.0104. The van der Waals surface area contributed by atoms with Gasteiger partial charge < -0.3 is 16.0 Å². The van der Waals surface area contributed by atoms with Gasteiger partial charge in [0.05, 0.1) is 5.69 Å². The van der Waals surface area contributed by atoms with Crippen LogP contribution in [0.1, 0.15) is 50.6 Å². The van der Waals surface area contributed by atoms with E-state index in [-0.39, 0.29) is 28.5 Å². The van der Waals surface area contributed by atoms with E-state index in [1.165, 1.54) is 6.07 Å². The second kappa shape index (κ2) is 10.1. The van der Waals surface area contributed by atoms with Gasteiger partial charge in [-0.3, -0.25) is 9.59 Å². The number of hydrogen-bond acceptors (Lipinski definition) is 5. The molecule has 4 N–H and O–H groups in total. The van der Waals surface area contributed by atoms with Crippen LogP contribution in [0, 0.1) is 11.8 Å². The van der Waals surface area contributed by atoms with Gasteiger partial charge in [0, 0.05) is 36.7 Å². The lowest BCUT2D eigenvalue weighted by Crippen LogP contribution is -2.39. The molecule has 2 aliphatic rings. The molecule has 2 amide bonds. The van der Waals surface area contributed by atoms with Crippen LogP contribution >= 0.6 is 0 Å². The molecule has 1 saturated carbocycles. The third-order valence-electron chi connectivity index (χ3n) is 6.86. The highest BCUT2D eigenvalue weighted by molar-refractivity contribution is 7.89. The van der Waals surface area contributed by atoms with Gasteiger partial charge in [-0.1, -0.05) is 36.8 Å². The standard InChI is InChI=1S/C25H32N4O4S/c1-17(18-6-3-2-4-7-18)28-34(32,33)23-16-21(27-25(31)20-8-5-9-20)10-11-22(23)29-14-12-19(13-15-29)24(26)30/h2-4,6-7,10-11,16-17,19-20,28H,5,8-9,12-15H2,1H3,(H2,26,30)(H,27,31). The number of sulfonamides is 1. The van der Waals surface area contributed by atoms with E-state index < -0.39 is 16.1 Å². The van der Waals surface area contributed by atoms with Crippen molar-refractivity contribution < 1.29 is 18.0 Å². The molecule has 1 unspecified atom stereocenters. The first-order chi connectivity index (χ1) is 16.2. The van der Waals surface area contributed by atoms with Crippen LogP contribution in [0.2, 0.25) is 0 Å². The van der Waals surface area contributed by atoms with Crippen molar-refractivity contribution >= 4 is 33.2 Å². The molecule has 2 aromatic rings. The maximum absolute atomic E-state index is 13.6. The minimum atomic E-state index is -3.92. The molecule has 0 aromatic heterocycles. The van der Waals surface area contributed by atoms with Crippen LogP contribution in [-0.4, -0.2) is 33.3 Å². The lowest BCUT2D eigenvalue weighted by atomic mass is 9.85. The highest BCUT2D eigenvalue weighted by Crippen LogP contribution is 2.34. The molecular weight excluding hydrogens is 452 g/mol. The highest BCUT2D eigenvalue weighted by atomic mass is 32.2. The molecule has 0 spiro atoms. The third kappa shape index (κ3) is 5.42. The topological polar surface area (TPSA) is 122 Å². The largest absolute Gasteiger partial charge is 0.370 e. The monoisotopic (exact) mass is 484 g/mol. The summed E-state index contributed by atoms with van der Waals surface area (Å²) >= 11 is 0. The second-order valence-corrected chi connectivity index (χ2v) is 10.9. The van der Waals surface area contributed by atoms with Crippen molar-refractivity contribution in [3.8, 4) is 0 Å². The van der Waals surface area contributed by atoms with Gasteiger partial charge >= 0.3 is 0 Å². The SMILES string of the molecule is CC(NS(=O)(=O)c1cc(NC(=O)C2CCC2)ccc1N1CCC(C(N)=O)CC1)c1ccccc1. The maximum Gasteiger partial charge on any atom is 0.243 e. The normalized spacial score (nSPS) is 18.2. The van der Waals surface area contributed by atoms with E-state index in [4.69, 9.17) is 5.73 Å². The Bertz CT molecular complexity index is 1140. The predicted octanol–water partition coefficient (Wildman–Crippen LogP) is 3.17. The van der Waals surface area contributed by atoms with Crippen molar-refractivity contribution in [3.05, 3.63) is 54.1 Å². The quantitative estimate of drug-likeness (QED) is 0.531. The molecule has 1 aliphatic carbocycles. The summed E-state index contributed by atoms with van der Waals surface area (Å²) in [4.78, 5) is 26.1. The Morgan fingerprint density at radius 1 is 1.00 bits per heavy atom. The van der Waals surface area contributed by atoms with Crippen molar-refractivity contribution in [2.24, 2.45) is 17.6 Å². The Hall–Kier alpha value is -2.91. The summed E-state index contributed by atoms with van der Waals surface area (Å²) in [6.07, 6.45) is 3.91. The summed E-state index contributed by atoms with van der Waals surface area (Å²) < 4.78 is 29.9. The van der Waals surface area contributed by atoms with Crippen molar-refractivity contribution in [1.29, 1.82) is 0 Å². The fraction of sp³-hybridized carbons (Fsp3) is 0.440. The predicted molar refractivity (Wildman–Crippen MR) is 132 cm³/mol. The van der Waals surface area contributed by atoms with E-state index >= 15 is 0 Å². The van der Waals surface area contributed by atoms with Gasteiger partial charge in [0.2, 0.25) is 21.8 Å². The number of hydrogen-bond donors (Lipinski definition) is 3. The van der Waals surface area contributed by atoms with Crippen LogP contribution < -0.4 is 20.7 Å². The van der Waals surface area contributed by atoms with Gasteiger partial charge in [-0.05, 0) is 56.4 Å². The number of rotatable bonds is 8. The molecule has 1 aliphatic heterocycles. The number of nitrogens with one attached hydrogen (secondary N) is 2. The molecule has 1 heterocycles. The first kappa shape index (κ1) is 24.2. The molecule has 1 atom stereocenters. The van der Waals surface area contributed by atoms with Crippen LogP contribution in [0.4, 0.5) is 11.4 Å². The first-order valence-electron chi connectivity index (χ1n) is 11.8. The number of carbonyl (C=O) groups is 2. The molecule has 4 rings (SSSR count). The van der Waals surface area contributed by atoms with Gasteiger partial charge in [0.15, 0.2) is 0 Å². The Morgan fingerprint density at radius 3 is 2.26 bits per heavy atom. The van der Waals surface area contributed by atoms with Crippen LogP contribution in [0.3, 0.4) is 0 Å². The van der Waals surface area contributed by atoms with Gasteiger partial charge in [-0.2, -0.15) is 0 Å². The van der Waals surface area contributed by atoms with E-state index in [0.29, 0.717) is 37.3 Å². The summed E-state index contributed by atoms with van der Waals surface area (Å²) in [5, 5.41) is 2.88. The fourth-order valence-electron chi connectivity index (χ4n) is 4.49. The van der Waals surface area contributed by atoms with Crippen LogP contribution in [0.5, 0.6) is 0 Å². The molecule has 2 aromatic carbocycles. The Kier molecular flexibility index (Phi) is 7.23. The van der Waals surface area contributed by atoms with Crippen molar-refractivity contribution in [2.45, 2.75) is 50.0 Å². The Morgan fingerprint density at radius 2 is 1.68 bits per heavy atom. The Labute approximate surface area is 201 Å². The van der Waals surface area contributed by atoms with Crippen LogP contribution in [0.15, 0.2) is 53.4 Å². The highest BCUT2D eigenvalue weighted by Gasteiger charge is 2.30. The van der Waals surface area contributed by atoms with Gasteiger partial charge in [-0.15, -0.1) is 0 Å². The smallest absolute Gasteiger partial charge is 0.243 e. The number of anilines is 2. The zero-order chi connectivity index (χ0) is 24.3. The van der Waals surface area contributed by atoms with Crippen LogP contribution in [-0.2, 0) is 19.6 Å². The van der Waals surface area contributed by atoms with E-state index in [2.05, 4.69) is 10.0 Å². The zero-order valence-corrected chi connectivity index (χ0v) is 20.2. The molecular formula is C25H32N4O4S. The zero-order valence-electron chi connectivity index (χ0n) is 19.4. The number of amides is 2. The molecule has 182 valence electrons. The van der Waals surface area contributed by atoms with Gasteiger partial charge in [-0.25, -0.2) is 13.1 Å². The fourth-order valence-corrected chi connectivity index (χ4v) is 5.98.